The van der Waals surface area contributed by atoms with Crippen molar-refractivity contribution in [3.8, 4) is 22.8 Å². The van der Waals surface area contributed by atoms with E-state index in [-0.39, 0.29) is 0 Å². The lowest BCUT2D eigenvalue weighted by atomic mass is 10.2. The summed E-state index contributed by atoms with van der Waals surface area (Å²) in [5.74, 6) is 3.76. The molecule has 0 radical (unpaired) electrons. The normalized spacial score (nSPS) is 11.2. The molecule has 0 fully saturated rings. The summed E-state index contributed by atoms with van der Waals surface area (Å²) in [6.07, 6.45) is 0. The number of anilines is 4. The van der Waals surface area contributed by atoms with E-state index >= 15 is 0 Å². The molecule has 7 aromatic rings. The molecular weight excluding hydrogens is 500 g/mol. The fourth-order valence-electron chi connectivity index (χ4n) is 4.55. The van der Waals surface area contributed by atoms with Gasteiger partial charge in [-0.15, -0.1) is 10.2 Å². The van der Waals surface area contributed by atoms with Crippen LogP contribution in [0.15, 0.2) is 97.1 Å². The number of nitrogens with zero attached hydrogens (tertiary/aromatic N) is 8. The van der Waals surface area contributed by atoms with Gasteiger partial charge >= 0.3 is 0 Å². The van der Waals surface area contributed by atoms with Crippen molar-refractivity contribution in [3.05, 3.63) is 108 Å². The number of hydrogen-bond donors (Lipinski definition) is 2. The fraction of sp³-hybridized carbons (Fsp3) is 0.0667. The van der Waals surface area contributed by atoms with E-state index in [1.807, 2.05) is 111 Å². The van der Waals surface area contributed by atoms with Gasteiger partial charge in [0, 0.05) is 34.6 Å². The first-order valence-electron chi connectivity index (χ1n) is 12.8. The van der Waals surface area contributed by atoms with E-state index in [0.717, 1.165) is 45.5 Å². The summed E-state index contributed by atoms with van der Waals surface area (Å²) in [5, 5.41) is 16.6. The number of hydrogen-bond acceptors (Lipinski definition) is 8. The summed E-state index contributed by atoms with van der Waals surface area (Å²) >= 11 is 0. The van der Waals surface area contributed by atoms with Crippen molar-refractivity contribution in [1.82, 2.24) is 39.2 Å². The van der Waals surface area contributed by atoms with Crippen LogP contribution in [0.3, 0.4) is 0 Å². The highest BCUT2D eigenvalue weighted by Crippen LogP contribution is 2.30. The molecule has 194 valence electrons. The Morgan fingerprint density at radius 3 is 1.32 bits per heavy atom. The predicted octanol–water partition coefficient (Wildman–Crippen LogP) is 6.00. The summed E-state index contributed by atoms with van der Waals surface area (Å²) in [4.78, 5) is 18.5. The number of fused-ring (bicyclic) bond motifs is 2. The summed E-state index contributed by atoms with van der Waals surface area (Å²) in [5.41, 5.74) is 5.20. The number of aryl methyl sites for hydroxylation is 2. The minimum absolute atomic E-state index is 0.523. The molecule has 3 aromatic carbocycles. The van der Waals surface area contributed by atoms with Crippen LogP contribution in [0.4, 0.5) is 23.0 Å². The van der Waals surface area contributed by atoms with Gasteiger partial charge in [0.2, 0.25) is 0 Å². The van der Waals surface area contributed by atoms with Crippen molar-refractivity contribution in [2.24, 2.45) is 0 Å². The second-order valence-corrected chi connectivity index (χ2v) is 9.39. The van der Waals surface area contributed by atoms with Crippen molar-refractivity contribution in [1.29, 1.82) is 0 Å². The Morgan fingerprint density at radius 2 is 0.900 bits per heavy atom. The molecular formula is C30H24N10. The predicted molar refractivity (Wildman–Crippen MR) is 155 cm³/mol. The van der Waals surface area contributed by atoms with Crippen LogP contribution in [0.5, 0.6) is 0 Å². The largest absolute Gasteiger partial charge is 0.338 e. The molecule has 40 heavy (non-hydrogen) atoms. The molecule has 4 heterocycles. The molecule has 0 atom stereocenters. The zero-order valence-electron chi connectivity index (χ0n) is 21.8. The molecule has 0 aliphatic heterocycles. The molecule has 0 saturated heterocycles. The van der Waals surface area contributed by atoms with Gasteiger partial charge in [-0.1, -0.05) is 72.8 Å². The topological polar surface area (TPSA) is 110 Å². The minimum Gasteiger partial charge on any atom is -0.338 e. The summed E-state index contributed by atoms with van der Waals surface area (Å²) in [7, 11) is 0. The van der Waals surface area contributed by atoms with Crippen molar-refractivity contribution in [3.63, 3.8) is 0 Å². The maximum Gasteiger partial charge on any atom is 0.254 e. The monoisotopic (exact) mass is 524 g/mol. The molecule has 4 aromatic heterocycles. The molecule has 10 heteroatoms. The summed E-state index contributed by atoms with van der Waals surface area (Å²) in [6, 6.07) is 31.6. The van der Waals surface area contributed by atoms with Gasteiger partial charge in [0.15, 0.2) is 11.6 Å². The van der Waals surface area contributed by atoms with Crippen molar-refractivity contribution < 1.29 is 0 Å². The average molecular weight is 525 g/mol. The molecule has 0 aliphatic carbocycles. The van der Waals surface area contributed by atoms with Crippen LogP contribution in [-0.2, 0) is 0 Å². The third kappa shape index (κ3) is 4.37. The molecule has 0 saturated carbocycles. The Balaban J connectivity index is 1.27. The Hall–Kier alpha value is -5.64. The van der Waals surface area contributed by atoms with Crippen LogP contribution in [0.25, 0.3) is 34.3 Å². The van der Waals surface area contributed by atoms with Crippen molar-refractivity contribution >= 4 is 34.6 Å². The van der Waals surface area contributed by atoms with E-state index in [0.29, 0.717) is 23.2 Å². The van der Waals surface area contributed by atoms with E-state index in [1.54, 1.807) is 9.03 Å². The zero-order chi connectivity index (χ0) is 27.1. The van der Waals surface area contributed by atoms with Crippen LogP contribution in [0.2, 0.25) is 0 Å². The lowest BCUT2D eigenvalue weighted by Crippen LogP contribution is -2.06. The van der Waals surface area contributed by atoms with Gasteiger partial charge in [-0.2, -0.15) is 19.0 Å². The maximum atomic E-state index is 4.75. The van der Waals surface area contributed by atoms with E-state index in [2.05, 4.69) is 30.6 Å². The molecule has 0 spiro atoms. The second-order valence-electron chi connectivity index (χ2n) is 9.39. The Morgan fingerprint density at radius 1 is 0.500 bits per heavy atom. The van der Waals surface area contributed by atoms with Crippen LogP contribution < -0.4 is 10.6 Å². The number of nitrogens with one attached hydrogen (secondary N) is 2. The summed E-state index contributed by atoms with van der Waals surface area (Å²) < 4.78 is 3.45. The van der Waals surface area contributed by atoms with Gasteiger partial charge in [-0.25, -0.2) is 9.97 Å². The molecule has 0 amide bonds. The standard InChI is InChI=1S/C30H24N10/c1-19-17-25(39-29(31-19)35-27(37-39)21-11-5-3-6-12-21)33-23-15-9-10-16-24(23)34-26-18-20(2)32-30-36-28(38-40(26)30)22-13-7-4-8-14-22/h3-18,33-34H,1-2H3. The number of benzene rings is 3. The lowest BCUT2D eigenvalue weighted by molar-refractivity contribution is 0.937. The van der Waals surface area contributed by atoms with E-state index in [9.17, 15) is 0 Å². The third-order valence-electron chi connectivity index (χ3n) is 6.40. The molecule has 0 unspecified atom stereocenters. The highest BCUT2D eigenvalue weighted by molar-refractivity contribution is 5.78. The van der Waals surface area contributed by atoms with Gasteiger partial charge < -0.3 is 10.6 Å². The lowest BCUT2D eigenvalue weighted by Gasteiger charge is -2.15. The van der Waals surface area contributed by atoms with Crippen LogP contribution in [0.1, 0.15) is 11.4 Å². The first-order valence-corrected chi connectivity index (χ1v) is 12.8. The van der Waals surface area contributed by atoms with Gasteiger partial charge in [0.05, 0.1) is 11.4 Å². The van der Waals surface area contributed by atoms with Crippen molar-refractivity contribution in [2.75, 3.05) is 10.6 Å². The highest BCUT2D eigenvalue weighted by Gasteiger charge is 2.15. The first-order chi connectivity index (χ1) is 19.6. The van der Waals surface area contributed by atoms with Crippen LogP contribution in [0, 0.1) is 13.8 Å². The van der Waals surface area contributed by atoms with Gasteiger partial charge in [-0.05, 0) is 26.0 Å². The van der Waals surface area contributed by atoms with Gasteiger partial charge in [0.25, 0.3) is 11.6 Å². The molecule has 0 bridgehead atoms. The smallest absolute Gasteiger partial charge is 0.254 e. The van der Waals surface area contributed by atoms with Crippen molar-refractivity contribution in [2.45, 2.75) is 13.8 Å². The minimum atomic E-state index is 0.523. The summed E-state index contributed by atoms with van der Waals surface area (Å²) in [6.45, 7) is 3.88. The highest BCUT2D eigenvalue weighted by atomic mass is 15.4. The molecule has 7 rings (SSSR count). The SMILES string of the molecule is Cc1cc(Nc2ccccc2Nc2cc(C)nc3nc(-c4ccccc4)nn23)n2nc(-c3ccccc3)nc2n1. The number of aromatic nitrogens is 8. The van der Waals surface area contributed by atoms with Gasteiger partial charge in [0.1, 0.15) is 11.6 Å². The maximum absolute atomic E-state index is 4.75. The molecule has 10 nitrogen and oxygen atoms in total. The van der Waals surface area contributed by atoms with E-state index in [4.69, 9.17) is 10.2 Å². The van der Waals surface area contributed by atoms with E-state index < -0.39 is 0 Å². The Labute approximate surface area is 229 Å². The fourth-order valence-corrected chi connectivity index (χ4v) is 4.55. The molecule has 2 N–H and O–H groups in total. The Kier molecular flexibility index (Phi) is 5.63. The average Bonchev–Trinajstić information content (AvgIpc) is 3.60. The van der Waals surface area contributed by atoms with Crippen LogP contribution >= 0.6 is 0 Å². The molecule has 0 aliphatic rings. The van der Waals surface area contributed by atoms with Crippen LogP contribution in [-0.4, -0.2) is 39.2 Å². The zero-order valence-corrected chi connectivity index (χ0v) is 21.8. The first kappa shape index (κ1) is 23.5. The Bertz CT molecular complexity index is 1830. The third-order valence-corrected chi connectivity index (χ3v) is 6.40. The quantitative estimate of drug-likeness (QED) is 0.273. The second kappa shape index (κ2) is 9.59. The van der Waals surface area contributed by atoms with E-state index in [1.165, 1.54) is 0 Å². The number of rotatable bonds is 6. The number of para-hydroxylation sites is 2. The van der Waals surface area contributed by atoms with Gasteiger partial charge in [-0.3, -0.25) is 0 Å².